The summed E-state index contributed by atoms with van der Waals surface area (Å²) in [5.74, 6) is 0.659. The first-order valence-electron chi connectivity index (χ1n) is 5.76. The fraction of sp³-hybridized carbons (Fsp3) is 0.0714. The Hall–Kier alpha value is -2.32. The van der Waals surface area contributed by atoms with Crippen molar-refractivity contribution in [1.29, 1.82) is 5.26 Å². The molecule has 1 aliphatic rings. The Labute approximate surface area is 115 Å². The quantitative estimate of drug-likeness (QED) is 0.803. The SMILES string of the molecule is Cc1nccc(/C(C#N)=C2\Nc3ccccc3S2)n1. The van der Waals surface area contributed by atoms with Crippen molar-refractivity contribution in [2.24, 2.45) is 0 Å². The third kappa shape index (κ3) is 2.18. The molecule has 0 bridgehead atoms. The molecule has 0 amide bonds. The van der Waals surface area contributed by atoms with E-state index in [-0.39, 0.29) is 0 Å². The number of nitriles is 1. The second kappa shape index (κ2) is 4.75. The maximum Gasteiger partial charge on any atom is 0.125 e. The summed E-state index contributed by atoms with van der Waals surface area (Å²) in [4.78, 5) is 9.48. The van der Waals surface area contributed by atoms with Gasteiger partial charge < -0.3 is 5.32 Å². The smallest absolute Gasteiger partial charge is 0.125 e. The number of para-hydroxylation sites is 1. The summed E-state index contributed by atoms with van der Waals surface area (Å²) in [6.07, 6.45) is 1.67. The number of benzene rings is 1. The molecule has 5 heteroatoms. The molecule has 0 aliphatic carbocycles. The predicted octanol–water partition coefficient (Wildman–Crippen LogP) is 3.20. The zero-order valence-corrected chi connectivity index (χ0v) is 11.0. The van der Waals surface area contributed by atoms with Gasteiger partial charge in [0.1, 0.15) is 17.5 Å². The van der Waals surface area contributed by atoms with Crippen LogP contribution in [-0.2, 0) is 0 Å². The molecule has 1 aromatic heterocycles. The number of fused-ring (bicyclic) bond motifs is 1. The van der Waals surface area contributed by atoms with Crippen LogP contribution in [0.15, 0.2) is 46.5 Å². The van der Waals surface area contributed by atoms with Gasteiger partial charge in [0.25, 0.3) is 0 Å². The first-order valence-corrected chi connectivity index (χ1v) is 6.58. The highest BCUT2D eigenvalue weighted by atomic mass is 32.2. The van der Waals surface area contributed by atoms with Crippen molar-refractivity contribution in [3.05, 3.63) is 53.1 Å². The minimum atomic E-state index is 0.548. The molecular formula is C14H10N4S. The van der Waals surface area contributed by atoms with Crippen molar-refractivity contribution in [3.63, 3.8) is 0 Å². The fourth-order valence-electron chi connectivity index (χ4n) is 1.85. The highest BCUT2D eigenvalue weighted by molar-refractivity contribution is 8.04. The number of rotatable bonds is 1. The Morgan fingerprint density at radius 3 is 2.89 bits per heavy atom. The molecule has 0 unspecified atom stereocenters. The van der Waals surface area contributed by atoms with Crippen LogP contribution < -0.4 is 5.32 Å². The van der Waals surface area contributed by atoms with E-state index in [1.807, 2.05) is 31.2 Å². The minimum absolute atomic E-state index is 0.548. The maximum atomic E-state index is 9.39. The molecule has 1 N–H and O–H groups in total. The van der Waals surface area contributed by atoms with Gasteiger partial charge in [0.15, 0.2) is 0 Å². The van der Waals surface area contributed by atoms with Gasteiger partial charge in [-0.15, -0.1) is 0 Å². The van der Waals surface area contributed by atoms with Crippen molar-refractivity contribution in [3.8, 4) is 6.07 Å². The molecule has 0 radical (unpaired) electrons. The summed E-state index contributed by atoms with van der Waals surface area (Å²) in [6.45, 7) is 1.81. The van der Waals surface area contributed by atoms with Crippen LogP contribution in [-0.4, -0.2) is 9.97 Å². The summed E-state index contributed by atoms with van der Waals surface area (Å²) in [7, 11) is 0. The highest BCUT2D eigenvalue weighted by Gasteiger charge is 2.20. The fourth-order valence-corrected chi connectivity index (χ4v) is 2.86. The predicted molar refractivity (Wildman–Crippen MR) is 75.2 cm³/mol. The van der Waals surface area contributed by atoms with Crippen molar-refractivity contribution in [2.45, 2.75) is 11.8 Å². The van der Waals surface area contributed by atoms with E-state index in [2.05, 4.69) is 21.4 Å². The van der Waals surface area contributed by atoms with E-state index >= 15 is 0 Å². The van der Waals surface area contributed by atoms with Crippen molar-refractivity contribution in [2.75, 3.05) is 5.32 Å². The number of aryl methyl sites for hydroxylation is 1. The van der Waals surface area contributed by atoms with Crippen molar-refractivity contribution >= 4 is 23.0 Å². The van der Waals surface area contributed by atoms with Crippen molar-refractivity contribution < 1.29 is 0 Å². The Morgan fingerprint density at radius 1 is 1.32 bits per heavy atom. The van der Waals surface area contributed by atoms with E-state index in [4.69, 9.17) is 0 Å². The Morgan fingerprint density at radius 2 is 2.16 bits per heavy atom. The molecule has 0 atom stereocenters. The van der Waals surface area contributed by atoms with Crippen LogP contribution in [0.3, 0.4) is 0 Å². The molecule has 1 aliphatic heterocycles. The summed E-state index contributed by atoms with van der Waals surface area (Å²) in [5, 5.41) is 13.5. The molecule has 19 heavy (non-hydrogen) atoms. The van der Waals surface area contributed by atoms with Gasteiger partial charge in [-0.05, 0) is 25.1 Å². The summed E-state index contributed by atoms with van der Waals surface area (Å²) >= 11 is 1.56. The number of thioether (sulfide) groups is 1. The molecule has 2 heterocycles. The molecule has 0 fully saturated rings. The van der Waals surface area contributed by atoms with Gasteiger partial charge in [-0.1, -0.05) is 23.9 Å². The van der Waals surface area contributed by atoms with Crippen LogP contribution in [0.5, 0.6) is 0 Å². The molecule has 0 saturated heterocycles. The second-order valence-corrected chi connectivity index (χ2v) is 5.08. The van der Waals surface area contributed by atoms with Gasteiger partial charge in [-0.2, -0.15) is 5.26 Å². The van der Waals surface area contributed by atoms with Crippen LogP contribution in [0.1, 0.15) is 11.5 Å². The Bertz CT molecular complexity index is 688. The first-order chi connectivity index (χ1) is 9.28. The molecule has 92 valence electrons. The van der Waals surface area contributed by atoms with Gasteiger partial charge in [0, 0.05) is 11.1 Å². The molecule has 0 saturated carbocycles. The molecule has 4 nitrogen and oxygen atoms in total. The zero-order chi connectivity index (χ0) is 13.2. The van der Waals surface area contributed by atoms with Crippen molar-refractivity contribution in [1.82, 2.24) is 9.97 Å². The lowest BCUT2D eigenvalue weighted by molar-refractivity contribution is 1.04. The molecule has 2 aromatic rings. The zero-order valence-electron chi connectivity index (χ0n) is 10.2. The van der Waals surface area contributed by atoms with Gasteiger partial charge in [0.05, 0.1) is 16.4 Å². The lowest BCUT2D eigenvalue weighted by Crippen LogP contribution is -1.98. The Balaban J connectivity index is 2.06. The monoisotopic (exact) mass is 266 g/mol. The van der Waals surface area contributed by atoms with E-state index in [1.165, 1.54) is 0 Å². The molecular weight excluding hydrogens is 256 g/mol. The van der Waals surface area contributed by atoms with E-state index in [1.54, 1.807) is 24.0 Å². The summed E-state index contributed by atoms with van der Waals surface area (Å²) in [5.41, 5.74) is 2.23. The molecule has 1 aromatic carbocycles. The third-order valence-corrected chi connectivity index (χ3v) is 3.80. The average Bonchev–Trinajstić information content (AvgIpc) is 2.83. The lowest BCUT2D eigenvalue weighted by Gasteiger charge is -2.03. The van der Waals surface area contributed by atoms with E-state index < -0.39 is 0 Å². The van der Waals surface area contributed by atoms with Crippen LogP contribution in [0, 0.1) is 18.3 Å². The number of anilines is 1. The minimum Gasteiger partial charge on any atom is -0.348 e. The van der Waals surface area contributed by atoms with Gasteiger partial charge in [-0.3, -0.25) is 0 Å². The normalized spacial score (nSPS) is 15.4. The van der Waals surface area contributed by atoms with Gasteiger partial charge in [0.2, 0.25) is 0 Å². The number of aromatic nitrogens is 2. The number of hydrogen-bond donors (Lipinski definition) is 1. The molecule has 0 spiro atoms. The maximum absolute atomic E-state index is 9.39. The first kappa shape index (κ1) is 11.8. The van der Waals surface area contributed by atoms with E-state index in [0.717, 1.165) is 15.6 Å². The summed E-state index contributed by atoms with van der Waals surface area (Å²) < 4.78 is 0. The number of nitrogens with zero attached hydrogens (tertiary/aromatic N) is 3. The number of hydrogen-bond acceptors (Lipinski definition) is 5. The van der Waals surface area contributed by atoms with E-state index in [9.17, 15) is 5.26 Å². The Kier molecular flexibility index (Phi) is 2.94. The van der Waals surface area contributed by atoms with Crippen LogP contribution in [0.2, 0.25) is 0 Å². The van der Waals surface area contributed by atoms with Gasteiger partial charge in [-0.25, -0.2) is 9.97 Å². The second-order valence-electron chi connectivity index (χ2n) is 4.03. The standard InChI is InChI=1S/C14H10N4S/c1-9-16-7-6-11(17-9)10(8-15)14-18-12-4-2-3-5-13(12)19-14/h2-7,18H,1H3/b14-10+. The molecule has 3 rings (SSSR count). The topological polar surface area (TPSA) is 61.6 Å². The van der Waals surface area contributed by atoms with Crippen LogP contribution >= 0.6 is 11.8 Å². The van der Waals surface area contributed by atoms with Gasteiger partial charge >= 0.3 is 0 Å². The third-order valence-electron chi connectivity index (χ3n) is 2.72. The average molecular weight is 266 g/mol. The lowest BCUT2D eigenvalue weighted by atomic mass is 10.2. The van der Waals surface area contributed by atoms with E-state index in [0.29, 0.717) is 17.1 Å². The summed E-state index contributed by atoms with van der Waals surface area (Å²) in [6, 6.07) is 12.0. The largest absolute Gasteiger partial charge is 0.348 e. The van der Waals surface area contributed by atoms with Crippen LogP contribution in [0.25, 0.3) is 5.57 Å². The highest BCUT2D eigenvalue weighted by Crippen LogP contribution is 2.43. The van der Waals surface area contributed by atoms with Crippen LogP contribution in [0.4, 0.5) is 5.69 Å². The number of allylic oxidation sites excluding steroid dienone is 1. The number of nitrogens with one attached hydrogen (secondary N) is 1.